The quantitative estimate of drug-likeness (QED) is 0.256. The van der Waals surface area contributed by atoms with Crippen LogP contribution in [-0.4, -0.2) is 58.6 Å². The Kier molecular flexibility index (Phi) is 9.80. The lowest BCUT2D eigenvalue weighted by atomic mass is 9.96. The number of benzene rings is 4. The number of rotatable bonds is 9. The summed E-state index contributed by atoms with van der Waals surface area (Å²) in [6, 6.07) is 25.2. The van der Waals surface area contributed by atoms with Gasteiger partial charge in [0.05, 0.1) is 13.0 Å². The molecule has 4 aromatic rings. The van der Waals surface area contributed by atoms with Crippen molar-refractivity contribution in [2.24, 2.45) is 11.5 Å². The van der Waals surface area contributed by atoms with Gasteiger partial charge in [0.1, 0.15) is 12.1 Å². The van der Waals surface area contributed by atoms with Gasteiger partial charge in [0, 0.05) is 29.7 Å². The van der Waals surface area contributed by atoms with Crippen LogP contribution in [0.25, 0.3) is 10.8 Å². The normalized spacial score (nSPS) is 17.5. The molecule has 0 bridgehead atoms. The number of nitrogens with one attached hydrogen (secondary N) is 1. The molecule has 1 aliphatic rings. The van der Waals surface area contributed by atoms with E-state index in [1.54, 1.807) is 53.4 Å². The van der Waals surface area contributed by atoms with Crippen LogP contribution in [0, 0.1) is 0 Å². The van der Waals surface area contributed by atoms with E-state index in [4.69, 9.17) is 23.1 Å². The van der Waals surface area contributed by atoms with Crippen molar-refractivity contribution in [1.82, 2.24) is 9.80 Å². The maximum atomic E-state index is 14.6. The Bertz CT molecular complexity index is 1740. The Morgan fingerprint density at radius 2 is 1.71 bits per heavy atom. The summed E-state index contributed by atoms with van der Waals surface area (Å²) in [6.45, 7) is 1.97. The van der Waals surface area contributed by atoms with Crippen molar-refractivity contribution in [1.29, 1.82) is 0 Å². The van der Waals surface area contributed by atoms with Gasteiger partial charge in [-0.25, -0.2) is 0 Å². The highest BCUT2D eigenvalue weighted by molar-refractivity contribution is 6.30. The second kappa shape index (κ2) is 13.9. The molecule has 1 heterocycles. The number of carbonyl (C=O) groups excluding carboxylic acids is 4. The molecule has 0 radical (unpaired) electrons. The average Bonchev–Trinajstić information content (AvgIpc) is 3.15. The fraction of sp³-hybridized carbons (Fsp3) is 0.257. The molecule has 4 aromatic carbocycles. The van der Waals surface area contributed by atoms with E-state index in [-0.39, 0.29) is 43.8 Å². The predicted octanol–water partition coefficient (Wildman–Crippen LogP) is 4.22. The first kappa shape index (κ1) is 31.7. The number of fused-ring (bicyclic) bond motifs is 1. The van der Waals surface area contributed by atoms with Crippen molar-refractivity contribution in [2.75, 3.05) is 18.4 Å². The van der Waals surface area contributed by atoms with Gasteiger partial charge in [0.15, 0.2) is 0 Å². The van der Waals surface area contributed by atoms with Crippen molar-refractivity contribution in [2.45, 2.75) is 44.3 Å². The fourth-order valence-corrected chi connectivity index (χ4v) is 6.26. The molecule has 5 N–H and O–H groups in total. The van der Waals surface area contributed by atoms with E-state index in [0.717, 1.165) is 16.3 Å². The van der Waals surface area contributed by atoms with Crippen molar-refractivity contribution in [3.63, 3.8) is 0 Å². The molecule has 5 rings (SSSR count). The Morgan fingerprint density at radius 3 is 2.47 bits per heavy atom. The molecule has 0 aliphatic carbocycles. The Hall–Kier alpha value is -4.73. The highest BCUT2D eigenvalue weighted by Crippen LogP contribution is 2.33. The van der Waals surface area contributed by atoms with Gasteiger partial charge in [-0.3, -0.25) is 19.2 Å². The first-order chi connectivity index (χ1) is 21.7. The van der Waals surface area contributed by atoms with Gasteiger partial charge >= 0.3 is 0 Å². The topological polar surface area (TPSA) is 139 Å². The van der Waals surface area contributed by atoms with Crippen molar-refractivity contribution in [3.8, 4) is 0 Å². The third-order valence-corrected chi connectivity index (χ3v) is 8.49. The summed E-state index contributed by atoms with van der Waals surface area (Å²) < 4.78 is 0. The zero-order chi connectivity index (χ0) is 32.1. The Labute approximate surface area is 267 Å². The third kappa shape index (κ3) is 7.16. The molecule has 232 valence electrons. The zero-order valence-corrected chi connectivity index (χ0v) is 25.7. The molecule has 9 nitrogen and oxygen atoms in total. The lowest BCUT2D eigenvalue weighted by molar-refractivity contribution is -0.148. The van der Waals surface area contributed by atoms with Crippen LogP contribution in [-0.2, 0) is 32.0 Å². The Morgan fingerprint density at radius 1 is 0.978 bits per heavy atom. The van der Waals surface area contributed by atoms with Crippen molar-refractivity contribution >= 4 is 51.7 Å². The van der Waals surface area contributed by atoms with Gasteiger partial charge in [-0.15, -0.1) is 0 Å². The Balaban J connectivity index is 1.50. The minimum Gasteiger partial charge on any atom is -0.368 e. The minimum atomic E-state index is -1.04. The summed E-state index contributed by atoms with van der Waals surface area (Å²) in [5.41, 5.74) is 14.0. The van der Waals surface area contributed by atoms with Gasteiger partial charge in [0.25, 0.3) is 5.91 Å². The molecule has 4 amide bonds. The van der Waals surface area contributed by atoms with E-state index in [0.29, 0.717) is 28.3 Å². The monoisotopic (exact) mass is 625 g/mol. The smallest absolute Gasteiger partial charge is 0.250 e. The van der Waals surface area contributed by atoms with Crippen LogP contribution in [0.15, 0.2) is 91.0 Å². The molecule has 0 saturated carbocycles. The van der Waals surface area contributed by atoms with Crippen LogP contribution in [0.5, 0.6) is 0 Å². The molecule has 1 fully saturated rings. The summed E-state index contributed by atoms with van der Waals surface area (Å²) in [6.07, 6.45) is 0.644. The predicted molar refractivity (Wildman–Crippen MR) is 175 cm³/mol. The second-order valence-electron chi connectivity index (χ2n) is 11.3. The standard InChI is InChI=1S/C35H36ClN5O4/c1-22-15-16-40(30(34(38)44)20-25-10-5-9-24-8-2-3-14-29(24)25)35(45)33(26-11-6-12-27(36)19-26)41(22)32(43)18-23-7-4-13-28(17-23)39-31(42)21-37/h2-14,17,19,22,30,33H,15-16,18,20-21,37H2,1H3,(H2,38,44)(H,39,42)/t22-,30?,33+/m1/s1. The van der Waals surface area contributed by atoms with Crippen molar-refractivity contribution < 1.29 is 19.2 Å². The average molecular weight is 626 g/mol. The van der Waals surface area contributed by atoms with Crippen LogP contribution >= 0.6 is 11.6 Å². The van der Waals surface area contributed by atoms with Gasteiger partial charge < -0.3 is 26.6 Å². The molecule has 1 unspecified atom stereocenters. The minimum absolute atomic E-state index is 0.0176. The number of halogens is 1. The molecule has 10 heteroatoms. The number of anilines is 1. The maximum Gasteiger partial charge on any atom is 0.250 e. The van der Waals surface area contributed by atoms with Crippen LogP contribution in [0.3, 0.4) is 0 Å². The van der Waals surface area contributed by atoms with E-state index in [1.807, 2.05) is 49.4 Å². The van der Waals surface area contributed by atoms with Crippen LogP contribution in [0.4, 0.5) is 5.69 Å². The van der Waals surface area contributed by atoms with E-state index < -0.39 is 23.9 Å². The number of amides is 4. The maximum absolute atomic E-state index is 14.6. The van der Waals surface area contributed by atoms with Crippen LogP contribution in [0.2, 0.25) is 5.02 Å². The number of nitrogens with zero attached hydrogens (tertiary/aromatic N) is 2. The molecule has 1 saturated heterocycles. The highest BCUT2D eigenvalue weighted by atomic mass is 35.5. The summed E-state index contributed by atoms with van der Waals surface area (Å²) in [7, 11) is 0. The molecule has 3 atom stereocenters. The van der Waals surface area contributed by atoms with Gasteiger partial charge in [-0.05, 0) is 65.1 Å². The second-order valence-corrected chi connectivity index (χ2v) is 11.8. The number of primary amides is 1. The van der Waals surface area contributed by atoms with Crippen LogP contribution < -0.4 is 16.8 Å². The first-order valence-corrected chi connectivity index (χ1v) is 15.3. The SMILES string of the molecule is C[C@@H]1CCN(C(Cc2cccc3ccccc23)C(N)=O)C(=O)[C@H](c2cccc(Cl)c2)N1C(=O)Cc1cccc(NC(=O)CN)c1. The molecular weight excluding hydrogens is 590 g/mol. The summed E-state index contributed by atoms with van der Waals surface area (Å²) in [4.78, 5) is 56.7. The summed E-state index contributed by atoms with van der Waals surface area (Å²) >= 11 is 6.38. The van der Waals surface area contributed by atoms with Gasteiger partial charge in [-0.2, -0.15) is 0 Å². The number of carbonyl (C=O) groups is 4. The summed E-state index contributed by atoms with van der Waals surface area (Å²) in [5.74, 6) is -1.65. The van der Waals surface area contributed by atoms with Crippen LogP contribution in [0.1, 0.15) is 36.1 Å². The lowest BCUT2D eigenvalue weighted by Gasteiger charge is -2.36. The lowest BCUT2D eigenvalue weighted by Crippen LogP contribution is -2.52. The van der Waals surface area contributed by atoms with E-state index in [1.165, 1.54) is 4.90 Å². The summed E-state index contributed by atoms with van der Waals surface area (Å²) in [5, 5.41) is 5.13. The number of nitrogens with two attached hydrogens (primary N) is 2. The fourth-order valence-electron chi connectivity index (χ4n) is 6.06. The molecule has 1 aliphatic heterocycles. The third-order valence-electron chi connectivity index (χ3n) is 8.26. The van der Waals surface area contributed by atoms with Gasteiger partial charge in [0.2, 0.25) is 17.7 Å². The zero-order valence-electron chi connectivity index (χ0n) is 25.0. The van der Waals surface area contributed by atoms with E-state index >= 15 is 0 Å². The van der Waals surface area contributed by atoms with E-state index in [9.17, 15) is 19.2 Å². The molecule has 0 aromatic heterocycles. The highest BCUT2D eigenvalue weighted by Gasteiger charge is 2.43. The van der Waals surface area contributed by atoms with Crippen molar-refractivity contribution in [3.05, 3.63) is 113 Å². The molecule has 0 spiro atoms. The molecule has 45 heavy (non-hydrogen) atoms. The molecular formula is C35H36ClN5O4. The van der Waals surface area contributed by atoms with E-state index in [2.05, 4.69) is 5.32 Å². The number of hydrogen-bond donors (Lipinski definition) is 3. The largest absolute Gasteiger partial charge is 0.368 e. The first-order valence-electron chi connectivity index (χ1n) is 14.9. The number of hydrogen-bond acceptors (Lipinski definition) is 5. The van der Waals surface area contributed by atoms with Gasteiger partial charge in [-0.1, -0.05) is 78.3 Å².